The van der Waals surface area contributed by atoms with Crippen molar-refractivity contribution in [2.75, 3.05) is 25.0 Å². The summed E-state index contributed by atoms with van der Waals surface area (Å²) in [4.78, 5) is 14.5. The van der Waals surface area contributed by atoms with Crippen LogP contribution in [0.4, 0.5) is 11.4 Å². The zero-order chi connectivity index (χ0) is 20.5. The number of piperidine rings is 1. The van der Waals surface area contributed by atoms with E-state index in [9.17, 15) is 10.1 Å². The maximum atomic E-state index is 11.0. The van der Waals surface area contributed by atoms with Crippen LogP contribution in [0.1, 0.15) is 58.1 Å². The summed E-state index contributed by atoms with van der Waals surface area (Å²) in [5.74, 6) is 0.941. The van der Waals surface area contributed by atoms with Gasteiger partial charge in [-0.3, -0.25) is 10.1 Å². The van der Waals surface area contributed by atoms with E-state index in [0.29, 0.717) is 17.5 Å². The van der Waals surface area contributed by atoms with E-state index in [2.05, 4.69) is 29.5 Å². The summed E-state index contributed by atoms with van der Waals surface area (Å²) in [7, 11) is 0. The molecule has 1 aliphatic heterocycles. The molecule has 1 aromatic heterocycles. The van der Waals surface area contributed by atoms with Gasteiger partial charge >= 0.3 is 5.69 Å². The Kier molecular flexibility index (Phi) is 9.41. The molecule has 0 amide bonds. The lowest BCUT2D eigenvalue weighted by atomic mass is 9.89. The first kappa shape index (κ1) is 22.8. The Hall–Kier alpha value is -1.44. The molecule has 3 rings (SSSR count). The van der Waals surface area contributed by atoms with E-state index >= 15 is 0 Å². The summed E-state index contributed by atoms with van der Waals surface area (Å²) in [6.07, 6.45) is 7.77. The Morgan fingerprint density at radius 1 is 1.29 bits per heavy atom. The second-order valence-electron chi connectivity index (χ2n) is 7.71. The first-order valence-electron chi connectivity index (χ1n) is 10.3. The highest BCUT2D eigenvalue weighted by molar-refractivity contribution is 6.32. The van der Waals surface area contributed by atoms with Crippen molar-refractivity contribution in [1.29, 1.82) is 0 Å². The number of pyridine rings is 1. The van der Waals surface area contributed by atoms with Crippen LogP contribution in [0, 0.1) is 23.0 Å². The van der Waals surface area contributed by atoms with Gasteiger partial charge in [0.25, 0.3) is 0 Å². The Bertz CT molecular complexity index is 630. The van der Waals surface area contributed by atoms with Crippen LogP contribution in [0.3, 0.4) is 0 Å². The minimum Gasteiger partial charge on any atom is -0.379 e. The molecule has 2 N–H and O–H groups in total. The van der Waals surface area contributed by atoms with Crippen molar-refractivity contribution in [3.8, 4) is 0 Å². The SMILES string of the molecule is CCOC1CCC(C)CC1.Cc1cc(NC2CCNCC2)c([N+](=O)[O-])c(Cl)n1. The average Bonchev–Trinajstić information content (AvgIpc) is 2.64. The van der Waals surface area contributed by atoms with Crippen LogP contribution < -0.4 is 10.6 Å². The Morgan fingerprint density at radius 3 is 2.50 bits per heavy atom. The normalized spacial score (nSPS) is 22.9. The van der Waals surface area contributed by atoms with Crippen LogP contribution in [-0.2, 0) is 4.74 Å². The average molecular weight is 413 g/mol. The monoisotopic (exact) mass is 412 g/mol. The van der Waals surface area contributed by atoms with E-state index in [-0.39, 0.29) is 16.9 Å². The van der Waals surface area contributed by atoms with Crippen molar-refractivity contribution in [3.63, 3.8) is 0 Å². The lowest BCUT2D eigenvalue weighted by molar-refractivity contribution is -0.384. The summed E-state index contributed by atoms with van der Waals surface area (Å²) in [6.45, 7) is 8.91. The van der Waals surface area contributed by atoms with E-state index in [0.717, 1.165) is 38.5 Å². The molecule has 2 fully saturated rings. The third-order valence-corrected chi connectivity index (χ3v) is 5.59. The van der Waals surface area contributed by atoms with E-state index in [1.165, 1.54) is 25.7 Å². The fraction of sp³-hybridized carbons (Fsp3) is 0.750. The second-order valence-corrected chi connectivity index (χ2v) is 8.07. The number of rotatable bonds is 5. The van der Waals surface area contributed by atoms with Crippen molar-refractivity contribution in [1.82, 2.24) is 10.3 Å². The van der Waals surface area contributed by atoms with Crippen molar-refractivity contribution >= 4 is 23.0 Å². The number of halogens is 1. The zero-order valence-electron chi connectivity index (χ0n) is 17.2. The van der Waals surface area contributed by atoms with Crippen molar-refractivity contribution in [2.45, 2.75) is 71.4 Å². The largest absolute Gasteiger partial charge is 0.379 e. The first-order valence-corrected chi connectivity index (χ1v) is 10.7. The lowest BCUT2D eigenvalue weighted by Gasteiger charge is -2.25. The number of aryl methyl sites for hydroxylation is 1. The van der Waals surface area contributed by atoms with Gasteiger partial charge in [-0.25, -0.2) is 4.98 Å². The molecule has 1 aromatic rings. The van der Waals surface area contributed by atoms with Gasteiger partial charge in [0.1, 0.15) is 5.69 Å². The molecule has 1 saturated carbocycles. The van der Waals surface area contributed by atoms with Crippen molar-refractivity contribution in [3.05, 3.63) is 27.0 Å². The van der Waals surface area contributed by atoms with Gasteiger partial charge in [-0.05, 0) is 77.4 Å². The highest BCUT2D eigenvalue weighted by Gasteiger charge is 2.23. The number of hydrogen-bond acceptors (Lipinski definition) is 6. The molecule has 7 nitrogen and oxygen atoms in total. The second kappa shape index (κ2) is 11.5. The third-order valence-electron chi connectivity index (χ3n) is 5.32. The lowest BCUT2D eigenvalue weighted by Crippen LogP contribution is -2.35. The summed E-state index contributed by atoms with van der Waals surface area (Å²) in [5.41, 5.74) is 0.993. The van der Waals surface area contributed by atoms with Gasteiger partial charge in [-0.15, -0.1) is 0 Å². The number of ether oxygens (including phenoxy) is 1. The molecule has 8 heteroatoms. The molecule has 28 heavy (non-hydrogen) atoms. The molecule has 2 aliphatic rings. The molecule has 1 aliphatic carbocycles. The quantitative estimate of drug-likeness (QED) is 0.413. The molecule has 0 atom stereocenters. The Labute approximate surface area is 172 Å². The number of nitrogens with zero attached hydrogens (tertiary/aromatic N) is 2. The maximum absolute atomic E-state index is 11.0. The molecular weight excluding hydrogens is 380 g/mol. The van der Waals surface area contributed by atoms with Gasteiger partial charge < -0.3 is 15.4 Å². The van der Waals surface area contributed by atoms with Crippen LogP contribution in [0.5, 0.6) is 0 Å². The molecule has 0 aromatic carbocycles. The molecule has 0 spiro atoms. The highest BCUT2D eigenvalue weighted by atomic mass is 35.5. The summed E-state index contributed by atoms with van der Waals surface area (Å²) in [5, 5.41) is 17.4. The molecule has 1 saturated heterocycles. The maximum Gasteiger partial charge on any atom is 0.329 e. The molecule has 0 bridgehead atoms. The summed E-state index contributed by atoms with van der Waals surface area (Å²) in [6, 6.07) is 1.91. The predicted molar refractivity (Wildman–Crippen MR) is 113 cm³/mol. The molecule has 0 unspecified atom stereocenters. The molecule has 2 heterocycles. The van der Waals surface area contributed by atoms with E-state index in [1.807, 2.05) is 0 Å². The van der Waals surface area contributed by atoms with Crippen molar-refractivity contribution < 1.29 is 9.66 Å². The fourth-order valence-corrected chi connectivity index (χ4v) is 4.03. The number of nitro groups is 1. The smallest absolute Gasteiger partial charge is 0.329 e. The zero-order valence-corrected chi connectivity index (χ0v) is 17.9. The first-order chi connectivity index (χ1) is 13.4. The molecule has 158 valence electrons. The van der Waals surface area contributed by atoms with E-state index < -0.39 is 4.92 Å². The summed E-state index contributed by atoms with van der Waals surface area (Å²) < 4.78 is 5.53. The predicted octanol–water partition coefficient (Wildman–Crippen LogP) is 4.72. The Morgan fingerprint density at radius 2 is 1.93 bits per heavy atom. The minimum absolute atomic E-state index is 0.0589. The van der Waals surface area contributed by atoms with Crippen LogP contribution >= 0.6 is 11.6 Å². The van der Waals surface area contributed by atoms with Gasteiger partial charge in [0.15, 0.2) is 0 Å². The van der Waals surface area contributed by atoms with Gasteiger partial charge in [0.05, 0.1) is 11.0 Å². The topological polar surface area (TPSA) is 89.3 Å². The van der Waals surface area contributed by atoms with Gasteiger partial charge in [-0.1, -0.05) is 18.5 Å². The number of hydrogen-bond donors (Lipinski definition) is 2. The van der Waals surface area contributed by atoms with Crippen LogP contribution in [-0.4, -0.2) is 41.7 Å². The van der Waals surface area contributed by atoms with Gasteiger partial charge in [0.2, 0.25) is 5.15 Å². The standard InChI is InChI=1S/C11H15ClN4O2.C9H18O/c1-7-6-9(10(16(17)18)11(12)14-7)15-8-2-4-13-5-3-8;1-3-10-9-6-4-8(2)5-7-9/h6,8,13H,2-5H2,1H3,(H,14,15);8-9H,3-7H2,1-2H3. The van der Waals surface area contributed by atoms with E-state index in [1.54, 1.807) is 13.0 Å². The third kappa shape index (κ3) is 7.18. The van der Waals surface area contributed by atoms with Crippen LogP contribution in [0.2, 0.25) is 5.15 Å². The van der Waals surface area contributed by atoms with Crippen LogP contribution in [0.25, 0.3) is 0 Å². The molecule has 0 radical (unpaired) electrons. The highest BCUT2D eigenvalue weighted by Crippen LogP contribution is 2.32. The summed E-state index contributed by atoms with van der Waals surface area (Å²) >= 11 is 5.84. The number of nitrogens with one attached hydrogen (secondary N) is 2. The Balaban J connectivity index is 0.000000237. The van der Waals surface area contributed by atoms with Crippen molar-refractivity contribution in [2.24, 2.45) is 5.92 Å². The van der Waals surface area contributed by atoms with Gasteiger partial charge in [0, 0.05) is 18.3 Å². The van der Waals surface area contributed by atoms with Gasteiger partial charge in [-0.2, -0.15) is 0 Å². The number of anilines is 1. The minimum atomic E-state index is -0.488. The van der Waals surface area contributed by atoms with Crippen LogP contribution in [0.15, 0.2) is 6.07 Å². The number of aromatic nitrogens is 1. The molecular formula is C20H33ClN4O3. The van der Waals surface area contributed by atoms with E-state index in [4.69, 9.17) is 16.3 Å². The fourth-order valence-electron chi connectivity index (χ4n) is 3.73.